The van der Waals surface area contributed by atoms with E-state index in [1.165, 1.54) is 0 Å². The van der Waals surface area contributed by atoms with E-state index in [4.69, 9.17) is 14.2 Å². The molecule has 0 fully saturated rings. The van der Waals surface area contributed by atoms with Crippen LogP contribution in [-0.4, -0.2) is 30.1 Å². The van der Waals surface area contributed by atoms with Gasteiger partial charge in [-0.3, -0.25) is 9.78 Å². The van der Waals surface area contributed by atoms with E-state index in [2.05, 4.69) is 15.3 Å². The fourth-order valence-corrected chi connectivity index (χ4v) is 4.53. The summed E-state index contributed by atoms with van der Waals surface area (Å²) in [5, 5.41) is 3.06. The molecule has 0 radical (unpaired) electrons. The number of aromatic nitrogens is 2. The van der Waals surface area contributed by atoms with Gasteiger partial charge in [0.25, 0.3) is 5.91 Å². The number of aromatic amines is 1. The lowest BCUT2D eigenvalue weighted by Crippen LogP contribution is -2.29. The zero-order chi connectivity index (χ0) is 24.6. The monoisotopic (exact) mass is 469 g/mol. The van der Waals surface area contributed by atoms with Gasteiger partial charge in [0.1, 0.15) is 28.5 Å². The molecule has 1 aliphatic rings. The Balaban J connectivity index is 1.59. The maximum atomic E-state index is 13.6. The predicted octanol–water partition coefficient (Wildman–Crippen LogP) is 5.32. The number of rotatable bonds is 6. The summed E-state index contributed by atoms with van der Waals surface area (Å²) < 4.78 is 16.9. The Kier molecular flexibility index (Phi) is 5.68. The smallest absolute Gasteiger partial charge is 0.268 e. The molecule has 0 bridgehead atoms. The number of fused-ring (bicyclic) bond motifs is 3. The van der Waals surface area contributed by atoms with Crippen LogP contribution in [0.15, 0.2) is 67.0 Å². The van der Waals surface area contributed by atoms with Crippen molar-refractivity contribution in [3.05, 3.63) is 83.8 Å². The Bertz CT molecular complexity index is 1370. The van der Waals surface area contributed by atoms with Crippen molar-refractivity contribution in [2.75, 3.05) is 14.2 Å². The minimum atomic E-state index is -0.689. The number of methoxy groups -OCH3 is 2. The number of carbonyl (C=O) groups is 1. The second kappa shape index (κ2) is 8.83. The van der Waals surface area contributed by atoms with Crippen LogP contribution in [0.1, 0.15) is 35.5 Å². The third-order valence-corrected chi connectivity index (χ3v) is 6.24. The normalized spacial score (nSPS) is 13.3. The first-order valence-corrected chi connectivity index (χ1v) is 11.4. The first kappa shape index (κ1) is 22.5. The summed E-state index contributed by atoms with van der Waals surface area (Å²) in [7, 11) is 3.26. The van der Waals surface area contributed by atoms with E-state index in [9.17, 15) is 4.79 Å². The Morgan fingerprint density at radius 2 is 1.66 bits per heavy atom. The number of H-pyrrole nitrogens is 1. The second-order valence-electron chi connectivity index (χ2n) is 8.87. The molecule has 1 amide bonds. The molecule has 0 spiro atoms. The number of ether oxygens (including phenoxy) is 3. The molecule has 35 heavy (non-hydrogen) atoms. The van der Waals surface area contributed by atoms with Gasteiger partial charge >= 0.3 is 0 Å². The van der Waals surface area contributed by atoms with Crippen molar-refractivity contribution >= 4 is 5.91 Å². The van der Waals surface area contributed by atoms with Crippen LogP contribution in [0.5, 0.6) is 17.2 Å². The number of nitrogens with one attached hydrogen (secondary N) is 2. The molecule has 1 aliphatic heterocycles. The summed E-state index contributed by atoms with van der Waals surface area (Å²) in [6.45, 7) is 4.39. The lowest BCUT2D eigenvalue weighted by Gasteiger charge is -2.33. The molecule has 0 saturated heterocycles. The maximum Gasteiger partial charge on any atom is 0.268 e. The minimum Gasteiger partial charge on any atom is -0.497 e. The Hall–Kier alpha value is -4.26. The van der Waals surface area contributed by atoms with Gasteiger partial charge in [-0.25, -0.2) is 0 Å². The summed E-state index contributed by atoms with van der Waals surface area (Å²) in [5.41, 5.74) is 5.13. The van der Waals surface area contributed by atoms with Crippen molar-refractivity contribution < 1.29 is 19.0 Å². The highest BCUT2D eigenvalue weighted by Crippen LogP contribution is 2.49. The lowest BCUT2D eigenvalue weighted by molar-refractivity contribution is 0.0947. The molecule has 2 aromatic heterocycles. The van der Waals surface area contributed by atoms with E-state index < -0.39 is 5.60 Å². The first-order chi connectivity index (χ1) is 16.9. The van der Waals surface area contributed by atoms with Gasteiger partial charge in [-0.15, -0.1) is 0 Å². The summed E-state index contributed by atoms with van der Waals surface area (Å²) >= 11 is 0. The highest BCUT2D eigenvalue weighted by molar-refractivity contribution is 6.03. The van der Waals surface area contributed by atoms with Crippen molar-refractivity contribution in [3.63, 3.8) is 0 Å². The fraction of sp³-hybridized carbons (Fsp3) is 0.214. The molecule has 0 aliphatic carbocycles. The van der Waals surface area contributed by atoms with Crippen molar-refractivity contribution in [2.45, 2.75) is 26.0 Å². The number of hydrogen-bond donors (Lipinski definition) is 2. The van der Waals surface area contributed by atoms with Gasteiger partial charge in [-0.05, 0) is 55.3 Å². The average Bonchev–Trinajstić information content (AvgIpc) is 3.30. The summed E-state index contributed by atoms with van der Waals surface area (Å²) in [5.74, 6) is 2.00. The average molecular weight is 470 g/mol. The molecule has 0 saturated carbocycles. The molecule has 4 aromatic rings. The van der Waals surface area contributed by atoms with E-state index in [-0.39, 0.29) is 5.91 Å². The van der Waals surface area contributed by atoms with Crippen LogP contribution in [0.4, 0.5) is 0 Å². The zero-order valence-corrected chi connectivity index (χ0v) is 20.1. The van der Waals surface area contributed by atoms with Gasteiger partial charge in [0, 0.05) is 29.4 Å². The molecular formula is C28H27N3O4. The SMILES string of the molecule is COc1ccc(CNC(=O)c2[nH]c3c(c2-c2ccc(OC)cc2)C(C)(C)Oc2cnccc2-3)cc1. The quantitative estimate of drug-likeness (QED) is 0.399. The molecule has 0 atom stereocenters. The second-order valence-corrected chi connectivity index (χ2v) is 8.87. The van der Waals surface area contributed by atoms with Crippen LogP contribution in [0.3, 0.4) is 0 Å². The number of carbonyl (C=O) groups excluding carboxylic acids is 1. The predicted molar refractivity (Wildman–Crippen MR) is 134 cm³/mol. The largest absolute Gasteiger partial charge is 0.497 e. The molecule has 7 heteroatoms. The summed E-state index contributed by atoms with van der Waals surface area (Å²) in [6.07, 6.45) is 3.43. The van der Waals surface area contributed by atoms with Gasteiger partial charge in [0.15, 0.2) is 0 Å². The van der Waals surface area contributed by atoms with Crippen LogP contribution in [0.2, 0.25) is 0 Å². The van der Waals surface area contributed by atoms with Crippen molar-refractivity contribution in [1.82, 2.24) is 15.3 Å². The van der Waals surface area contributed by atoms with E-state index in [1.54, 1.807) is 26.6 Å². The summed E-state index contributed by atoms with van der Waals surface area (Å²) in [4.78, 5) is 21.2. The fourth-order valence-electron chi connectivity index (χ4n) is 4.53. The zero-order valence-electron chi connectivity index (χ0n) is 20.1. The summed E-state index contributed by atoms with van der Waals surface area (Å²) in [6, 6.07) is 17.2. The van der Waals surface area contributed by atoms with Crippen LogP contribution < -0.4 is 19.5 Å². The van der Waals surface area contributed by atoms with E-state index in [0.717, 1.165) is 45.0 Å². The Labute approximate surface area is 204 Å². The Morgan fingerprint density at radius 3 is 2.31 bits per heavy atom. The topological polar surface area (TPSA) is 85.5 Å². The number of pyridine rings is 1. The molecule has 5 rings (SSSR count). The third-order valence-electron chi connectivity index (χ3n) is 6.24. The molecule has 0 unspecified atom stereocenters. The molecule has 2 N–H and O–H groups in total. The lowest BCUT2D eigenvalue weighted by atomic mass is 9.86. The van der Waals surface area contributed by atoms with Crippen molar-refractivity contribution in [3.8, 4) is 39.6 Å². The van der Waals surface area contributed by atoms with Crippen LogP contribution in [-0.2, 0) is 12.1 Å². The van der Waals surface area contributed by atoms with E-state index in [1.807, 2.05) is 68.4 Å². The van der Waals surface area contributed by atoms with Crippen LogP contribution in [0.25, 0.3) is 22.4 Å². The van der Waals surface area contributed by atoms with E-state index >= 15 is 0 Å². The molecule has 178 valence electrons. The van der Waals surface area contributed by atoms with Crippen LogP contribution in [0, 0.1) is 0 Å². The number of hydrogen-bond acceptors (Lipinski definition) is 5. The van der Waals surface area contributed by atoms with Crippen LogP contribution >= 0.6 is 0 Å². The van der Waals surface area contributed by atoms with Gasteiger partial charge in [0.2, 0.25) is 0 Å². The Morgan fingerprint density at radius 1 is 1.00 bits per heavy atom. The van der Waals surface area contributed by atoms with Gasteiger partial charge in [-0.1, -0.05) is 24.3 Å². The highest BCUT2D eigenvalue weighted by Gasteiger charge is 2.39. The van der Waals surface area contributed by atoms with Gasteiger partial charge < -0.3 is 24.5 Å². The standard InChI is InChI=1S/C28H27N3O4/c1-28(2)24-23(18-7-11-20(34-4)12-8-18)26(31-25(24)21-13-14-29-16-22(21)35-28)27(32)30-15-17-5-9-19(33-3)10-6-17/h5-14,16,31H,15H2,1-4H3,(H,30,32). The van der Waals surface area contributed by atoms with Crippen molar-refractivity contribution in [2.24, 2.45) is 0 Å². The minimum absolute atomic E-state index is 0.201. The maximum absolute atomic E-state index is 13.6. The first-order valence-electron chi connectivity index (χ1n) is 11.4. The molecule has 2 aromatic carbocycles. The van der Waals surface area contributed by atoms with Gasteiger partial charge in [-0.2, -0.15) is 0 Å². The number of amides is 1. The van der Waals surface area contributed by atoms with E-state index in [0.29, 0.717) is 18.0 Å². The third kappa shape index (κ3) is 4.10. The molecular weight excluding hydrogens is 442 g/mol. The molecule has 3 heterocycles. The highest BCUT2D eigenvalue weighted by atomic mass is 16.5. The number of nitrogens with zero attached hydrogens (tertiary/aromatic N) is 1. The number of benzene rings is 2. The van der Waals surface area contributed by atoms with Crippen molar-refractivity contribution in [1.29, 1.82) is 0 Å². The van der Waals surface area contributed by atoms with Gasteiger partial charge in [0.05, 0.1) is 26.1 Å². The molecule has 7 nitrogen and oxygen atoms in total.